The number of amides is 2. The summed E-state index contributed by atoms with van der Waals surface area (Å²) >= 11 is 0. The fraction of sp³-hybridized carbons (Fsp3) is 0.400. The van der Waals surface area contributed by atoms with Crippen molar-refractivity contribution in [3.8, 4) is 0 Å². The number of H-pyrrole nitrogens is 1. The maximum absolute atomic E-state index is 12.6. The van der Waals surface area contributed by atoms with Gasteiger partial charge >= 0.3 is 0 Å². The van der Waals surface area contributed by atoms with Gasteiger partial charge in [-0.05, 0) is 31.4 Å². The lowest BCUT2D eigenvalue weighted by atomic mass is 10.1. The van der Waals surface area contributed by atoms with Crippen molar-refractivity contribution in [3.05, 3.63) is 59.4 Å². The Hall–Kier alpha value is -2.56. The van der Waals surface area contributed by atoms with E-state index in [0.717, 1.165) is 30.6 Å². The Bertz CT molecular complexity index is 724. The molecule has 1 N–H and O–H groups in total. The van der Waals surface area contributed by atoms with Crippen LogP contribution in [0.25, 0.3) is 0 Å². The second kappa shape index (κ2) is 8.01. The summed E-state index contributed by atoms with van der Waals surface area (Å²) in [6.45, 7) is 4.54. The fourth-order valence-electron chi connectivity index (χ4n) is 3.28. The Balaban J connectivity index is 1.53. The Kier molecular flexibility index (Phi) is 5.53. The van der Waals surface area contributed by atoms with Gasteiger partial charge in [0.15, 0.2) is 0 Å². The van der Waals surface area contributed by atoms with Crippen molar-refractivity contribution in [1.29, 1.82) is 0 Å². The molecular formula is C20H25N3O2. The summed E-state index contributed by atoms with van der Waals surface area (Å²) in [4.78, 5) is 31.9. The standard InChI is InChI=1S/C20H25N3O2/c1-16-18(10-11-21-16)20(25)23-13-5-12-22(14-15-23)19(24)9-8-17-6-3-2-4-7-17/h2-4,6-7,10-11,21H,5,8-9,12-15H2,1H3. The van der Waals surface area contributed by atoms with Crippen molar-refractivity contribution < 1.29 is 9.59 Å². The highest BCUT2D eigenvalue weighted by molar-refractivity contribution is 5.95. The molecule has 2 aromatic rings. The normalized spacial score (nSPS) is 15.1. The van der Waals surface area contributed by atoms with Crippen molar-refractivity contribution in [3.63, 3.8) is 0 Å². The molecule has 2 heterocycles. The molecule has 5 nitrogen and oxygen atoms in total. The summed E-state index contributed by atoms with van der Waals surface area (Å²) < 4.78 is 0. The van der Waals surface area contributed by atoms with Crippen molar-refractivity contribution in [2.45, 2.75) is 26.2 Å². The second-order valence-corrected chi connectivity index (χ2v) is 6.53. The molecule has 1 saturated heterocycles. The van der Waals surface area contributed by atoms with Crippen LogP contribution >= 0.6 is 0 Å². The first-order valence-corrected chi connectivity index (χ1v) is 8.90. The number of hydrogen-bond donors (Lipinski definition) is 1. The Morgan fingerprint density at radius 1 is 1.00 bits per heavy atom. The van der Waals surface area contributed by atoms with E-state index in [4.69, 9.17) is 0 Å². The van der Waals surface area contributed by atoms with Gasteiger partial charge in [0, 0.05) is 44.5 Å². The van der Waals surface area contributed by atoms with Gasteiger partial charge in [-0.25, -0.2) is 0 Å². The first-order chi connectivity index (χ1) is 12.1. The van der Waals surface area contributed by atoms with E-state index in [2.05, 4.69) is 17.1 Å². The van der Waals surface area contributed by atoms with E-state index in [1.807, 2.05) is 41.0 Å². The molecule has 0 bridgehead atoms. The van der Waals surface area contributed by atoms with Gasteiger partial charge in [-0.2, -0.15) is 0 Å². The van der Waals surface area contributed by atoms with E-state index in [9.17, 15) is 9.59 Å². The molecule has 1 aromatic carbocycles. The van der Waals surface area contributed by atoms with Crippen LogP contribution in [0.2, 0.25) is 0 Å². The number of benzene rings is 1. The molecule has 2 amide bonds. The van der Waals surface area contributed by atoms with Crippen molar-refractivity contribution in [1.82, 2.24) is 14.8 Å². The zero-order valence-corrected chi connectivity index (χ0v) is 14.7. The molecule has 0 aliphatic carbocycles. The van der Waals surface area contributed by atoms with Crippen LogP contribution in [0.15, 0.2) is 42.6 Å². The minimum atomic E-state index is 0.0531. The van der Waals surface area contributed by atoms with Crippen molar-refractivity contribution in [2.75, 3.05) is 26.2 Å². The van der Waals surface area contributed by atoms with Gasteiger partial charge in [0.25, 0.3) is 5.91 Å². The van der Waals surface area contributed by atoms with Gasteiger partial charge in [-0.15, -0.1) is 0 Å². The molecular weight excluding hydrogens is 314 g/mol. The Morgan fingerprint density at radius 3 is 2.44 bits per heavy atom. The second-order valence-electron chi connectivity index (χ2n) is 6.53. The smallest absolute Gasteiger partial charge is 0.255 e. The molecule has 0 radical (unpaired) electrons. The lowest BCUT2D eigenvalue weighted by Crippen LogP contribution is -2.37. The quantitative estimate of drug-likeness (QED) is 0.931. The number of carbonyl (C=O) groups is 2. The molecule has 0 unspecified atom stereocenters. The molecule has 0 spiro atoms. The van der Waals surface area contributed by atoms with E-state index in [1.54, 1.807) is 6.20 Å². The number of nitrogens with zero attached hydrogens (tertiary/aromatic N) is 2. The highest BCUT2D eigenvalue weighted by Crippen LogP contribution is 2.13. The number of carbonyl (C=O) groups excluding carboxylic acids is 2. The number of aryl methyl sites for hydroxylation is 2. The van der Waals surface area contributed by atoms with Crippen molar-refractivity contribution >= 4 is 11.8 Å². The lowest BCUT2D eigenvalue weighted by molar-refractivity contribution is -0.131. The number of rotatable bonds is 4. The third kappa shape index (κ3) is 4.29. The maximum Gasteiger partial charge on any atom is 0.255 e. The average Bonchev–Trinajstić information content (AvgIpc) is 2.92. The topological polar surface area (TPSA) is 56.4 Å². The SMILES string of the molecule is Cc1[nH]ccc1C(=O)N1CCCN(C(=O)CCc2ccccc2)CC1. The molecule has 1 fully saturated rings. The summed E-state index contributed by atoms with van der Waals surface area (Å²) in [5, 5.41) is 0. The minimum Gasteiger partial charge on any atom is -0.365 e. The summed E-state index contributed by atoms with van der Waals surface area (Å²) in [5.41, 5.74) is 2.80. The van der Waals surface area contributed by atoms with Crippen LogP contribution in [-0.2, 0) is 11.2 Å². The first-order valence-electron chi connectivity index (χ1n) is 8.90. The summed E-state index contributed by atoms with van der Waals surface area (Å²) in [6.07, 6.45) is 3.91. The number of aromatic amines is 1. The Morgan fingerprint density at radius 2 is 1.72 bits per heavy atom. The molecule has 1 aromatic heterocycles. The average molecular weight is 339 g/mol. The zero-order valence-electron chi connectivity index (χ0n) is 14.7. The van der Waals surface area contributed by atoms with Gasteiger partial charge in [-0.3, -0.25) is 9.59 Å². The van der Waals surface area contributed by atoms with E-state index >= 15 is 0 Å². The number of aromatic nitrogens is 1. The van der Waals surface area contributed by atoms with Gasteiger partial charge in [0.05, 0.1) is 5.56 Å². The molecule has 3 rings (SSSR count). The lowest BCUT2D eigenvalue weighted by Gasteiger charge is -2.22. The highest BCUT2D eigenvalue weighted by Gasteiger charge is 2.23. The number of nitrogens with one attached hydrogen (secondary N) is 1. The van der Waals surface area contributed by atoms with Crippen LogP contribution in [0.3, 0.4) is 0 Å². The first kappa shape index (κ1) is 17.3. The molecule has 1 aliphatic heterocycles. The van der Waals surface area contributed by atoms with E-state index in [1.165, 1.54) is 5.56 Å². The maximum atomic E-state index is 12.6. The van der Waals surface area contributed by atoms with Crippen LogP contribution in [-0.4, -0.2) is 52.8 Å². The van der Waals surface area contributed by atoms with Gasteiger partial charge < -0.3 is 14.8 Å². The van der Waals surface area contributed by atoms with E-state index < -0.39 is 0 Å². The largest absolute Gasteiger partial charge is 0.365 e. The van der Waals surface area contributed by atoms with E-state index in [-0.39, 0.29) is 11.8 Å². The third-order valence-electron chi connectivity index (χ3n) is 4.79. The zero-order chi connectivity index (χ0) is 17.6. The van der Waals surface area contributed by atoms with E-state index in [0.29, 0.717) is 26.1 Å². The predicted octanol–water partition coefficient (Wildman–Crippen LogP) is 2.63. The van der Waals surface area contributed by atoms with Crippen LogP contribution < -0.4 is 0 Å². The van der Waals surface area contributed by atoms with Crippen LogP contribution in [0.4, 0.5) is 0 Å². The summed E-state index contributed by atoms with van der Waals surface area (Å²) in [5.74, 6) is 0.230. The summed E-state index contributed by atoms with van der Waals surface area (Å²) in [7, 11) is 0. The van der Waals surface area contributed by atoms with Crippen LogP contribution in [0.1, 0.15) is 34.5 Å². The Labute approximate surface area is 148 Å². The fourth-order valence-corrected chi connectivity index (χ4v) is 3.28. The molecule has 0 saturated carbocycles. The van der Waals surface area contributed by atoms with Gasteiger partial charge in [0.1, 0.15) is 0 Å². The molecule has 5 heteroatoms. The molecule has 25 heavy (non-hydrogen) atoms. The van der Waals surface area contributed by atoms with Gasteiger partial charge in [0.2, 0.25) is 5.91 Å². The highest BCUT2D eigenvalue weighted by atomic mass is 16.2. The minimum absolute atomic E-state index is 0.0531. The molecule has 1 aliphatic rings. The summed E-state index contributed by atoms with van der Waals surface area (Å²) in [6, 6.07) is 11.9. The molecule has 0 atom stereocenters. The molecule has 132 valence electrons. The third-order valence-corrected chi connectivity index (χ3v) is 4.79. The monoisotopic (exact) mass is 339 g/mol. The van der Waals surface area contributed by atoms with Gasteiger partial charge in [-0.1, -0.05) is 30.3 Å². The number of hydrogen-bond acceptors (Lipinski definition) is 2. The van der Waals surface area contributed by atoms with Crippen molar-refractivity contribution in [2.24, 2.45) is 0 Å². The van der Waals surface area contributed by atoms with Crippen LogP contribution in [0.5, 0.6) is 0 Å². The predicted molar refractivity (Wildman–Crippen MR) is 97.4 cm³/mol. The van der Waals surface area contributed by atoms with Crippen LogP contribution in [0, 0.1) is 6.92 Å².